The smallest absolute Gasteiger partial charge is 0.262 e. The van der Waals surface area contributed by atoms with E-state index in [9.17, 15) is 8.42 Å². The normalized spacial score (nSPS) is 11.4. The highest BCUT2D eigenvalue weighted by Gasteiger charge is 2.23. The Bertz CT molecular complexity index is 1080. The second-order valence-electron chi connectivity index (χ2n) is 6.44. The van der Waals surface area contributed by atoms with E-state index in [0.717, 1.165) is 10.5 Å². The fourth-order valence-corrected chi connectivity index (χ4v) is 5.33. The van der Waals surface area contributed by atoms with Gasteiger partial charge in [-0.3, -0.25) is 9.40 Å². The molecule has 0 aliphatic heterocycles. The Morgan fingerprint density at radius 1 is 1.14 bits per heavy atom. The van der Waals surface area contributed by atoms with Crippen molar-refractivity contribution in [2.45, 2.75) is 36.4 Å². The molecule has 0 amide bonds. The number of benzene rings is 2. The molecule has 1 aromatic heterocycles. The lowest BCUT2D eigenvalue weighted by Crippen LogP contribution is -2.16. The lowest BCUT2D eigenvalue weighted by molar-refractivity contribution is 0.410. The molecule has 3 rings (SSSR count). The summed E-state index contributed by atoms with van der Waals surface area (Å²) in [7, 11) is -2.16. The Morgan fingerprint density at radius 2 is 1.86 bits per heavy atom. The molecule has 0 spiro atoms. The first kappa shape index (κ1) is 20.3. The van der Waals surface area contributed by atoms with Crippen molar-refractivity contribution >= 4 is 27.5 Å². The molecule has 28 heavy (non-hydrogen) atoms. The molecule has 0 saturated carbocycles. The lowest BCUT2D eigenvalue weighted by atomic mass is 10.1. The van der Waals surface area contributed by atoms with Crippen LogP contribution in [-0.4, -0.2) is 25.3 Å². The number of sulfonamides is 1. The first-order valence-corrected chi connectivity index (χ1v) is 11.2. The van der Waals surface area contributed by atoms with Crippen molar-refractivity contribution in [2.75, 3.05) is 11.8 Å². The van der Waals surface area contributed by atoms with Gasteiger partial charge in [-0.25, -0.2) is 8.42 Å². The van der Waals surface area contributed by atoms with Crippen molar-refractivity contribution in [1.82, 2.24) is 9.78 Å². The van der Waals surface area contributed by atoms with Crippen LogP contribution < -0.4 is 9.46 Å². The maximum atomic E-state index is 13.0. The summed E-state index contributed by atoms with van der Waals surface area (Å²) >= 11 is 1.62. The number of hydrogen-bond donors (Lipinski definition) is 1. The maximum absolute atomic E-state index is 13.0. The first-order valence-electron chi connectivity index (χ1n) is 8.69. The van der Waals surface area contributed by atoms with Crippen LogP contribution in [0, 0.1) is 20.8 Å². The van der Waals surface area contributed by atoms with Crippen LogP contribution in [0.15, 0.2) is 58.6 Å². The van der Waals surface area contributed by atoms with Crippen LogP contribution in [0.5, 0.6) is 5.75 Å². The van der Waals surface area contributed by atoms with Gasteiger partial charge in [0, 0.05) is 4.90 Å². The third-order valence-corrected chi connectivity index (χ3v) is 7.13. The molecule has 0 saturated heterocycles. The van der Waals surface area contributed by atoms with Crippen LogP contribution in [-0.2, 0) is 15.9 Å². The Balaban J connectivity index is 1.78. The van der Waals surface area contributed by atoms with Crippen LogP contribution in [0.1, 0.15) is 16.7 Å². The summed E-state index contributed by atoms with van der Waals surface area (Å²) in [4.78, 5) is 1.40. The Kier molecular flexibility index (Phi) is 6.00. The van der Waals surface area contributed by atoms with E-state index in [2.05, 4.69) is 9.82 Å². The highest BCUT2D eigenvalue weighted by molar-refractivity contribution is 7.98. The number of nitrogens with zero attached hydrogens (tertiary/aromatic N) is 2. The third-order valence-electron chi connectivity index (χ3n) is 4.46. The highest BCUT2D eigenvalue weighted by Crippen LogP contribution is 2.31. The average molecular weight is 418 g/mol. The molecule has 6 nitrogen and oxygen atoms in total. The van der Waals surface area contributed by atoms with E-state index in [-0.39, 0.29) is 4.90 Å². The minimum atomic E-state index is -3.74. The van der Waals surface area contributed by atoms with E-state index in [1.54, 1.807) is 49.7 Å². The molecule has 8 heteroatoms. The SMILES string of the molecule is COc1cc(C)c(S(=O)(=O)Nc2cnn(CSc3ccccc3)c2)c(C)c1C. The van der Waals surface area contributed by atoms with Crippen LogP contribution in [0.25, 0.3) is 0 Å². The molecule has 0 atom stereocenters. The predicted molar refractivity (Wildman–Crippen MR) is 113 cm³/mol. The molecule has 0 aliphatic carbocycles. The van der Waals surface area contributed by atoms with Crippen LogP contribution >= 0.6 is 11.8 Å². The van der Waals surface area contributed by atoms with Gasteiger partial charge in [-0.1, -0.05) is 18.2 Å². The number of ether oxygens (including phenoxy) is 1. The van der Waals surface area contributed by atoms with Crippen LogP contribution in [0.2, 0.25) is 0 Å². The summed E-state index contributed by atoms with van der Waals surface area (Å²) in [6, 6.07) is 11.7. The monoisotopic (exact) mass is 417 g/mol. The zero-order valence-electron chi connectivity index (χ0n) is 16.3. The number of hydrogen-bond acceptors (Lipinski definition) is 5. The molecular formula is C20H23N3O3S2. The average Bonchev–Trinajstić information content (AvgIpc) is 3.10. The second-order valence-corrected chi connectivity index (χ2v) is 9.07. The van der Waals surface area contributed by atoms with Gasteiger partial charge in [0.2, 0.25) is 0 Å². The van der Waals surface area contributed by atoms with Gasteiger partial charge < -0.3 is 4.74 Å². The largest absolute Gasteiger partial charge is 0.496 e. The number of nitrogens with one attached hydrogen (secondary N) is 1. The molecule has 0 fully saturated rings. The molecular weight excluding hydrogens is 394 g/mol. The zero-order chi connectivity index (χ0) is 20.3. The zero-order valence-corrected chi connectivity index (χ0v) is 17.9. The van der Waals surface area contributed by atoms with Crippen molar-refractivity contribution in [2.24, 2.45) is 0 Å². The molecule has 148 valence electrons. The topological polar surface area (TPSA) is 73.2 Å². The van der Waals surface area contributed by atoms with Crippen LogP contribution in [0.3, 0.4) is 0 Å². The number of aryl methyl sites for hydroxylation is 1. The van der Waals surface area contributed by atoms with E-state index in [1.807, 2.05) is 37.3 Å². The standard InChI is InChI=1S/C20H23N3O3S2/c1-14-10-19(26-4)15(2)16(3)20(14)28(24,25)22-17-11-21-23(12-17)13-27-18-8-6-5-7-9-18/h5-12,22H,13H2,1-4H3. The fraction of sp³-hybridized carbons (Fsp3) is 0.250. The van der Waals surface area contributed by atoms with Gasteiger partial charge in [-0.15, -0.1) is 11.8 Å². The summed E-state index contributed by atoms with van der Waals surface area (Å²) in [5.41, 5.74) is 2.56. The highest BCUT2D eigenvalue weighted by atomic mass is 32.2. The summed E-state index contributed by atoms with van der Waals surface area (Å²) in [5.74, 6) is 1.27. The molecule has 0 aliphatic rings. The third kappa shape index (κ3) is 4.34. The maximum Gasteiger partial charge on any atom is 0.262 e. The van der Waals surface area contributed by atoms with Crippen LogP contribution in [0.4, 0.5) is 5.69 Å². The number of anilines is 1. The van der Waals surface area contributed by atoms with Gasteiger partial charge in [0.15, 0.2) is 0 Å². The summed E-state index contributed by atoms with van der Waals surface area (Å²) in [6.45, 7) is 5.41. The summed E-state index contributed by atoms with van der Waals surface area (Å²) in [6.07, 6.45) is 3.21. The summed E-state index contributed by atoms with van der Waals surface area (Å²) in [5, 5.41) is 4.25. The van der Waals surface area contributed by atoms with Gasteiger partial charge in [0.25, 0.3) is 10.0 Å². The number of aromatic nitrogens is 2. The van der Waals surface area contributed by atoms with Crippen molar-refractivity contribution in [3.05, 3.63) is 65.5 Å². The van der Waals surface area contributed by atoms with E-state index >= 15 is 0 Å². The molecule has 2 aromatic carbocycles. The first-order chi connectivity index (χ1) is 13.3. The second kappa shape index (κ2) is 8.28. The minimum Gasteiger partial charge on any atom is -0.496 e. The van der Waals surface area contributed by atoms with Gasteiger partial charge in [0.05, 0.1) is 36.0 Å². The van der Waals surface area contributed by atoms with Gasteiger partial charge in [0.1, 0.15) is 5.75 Å². The van der Waals surface area contributed by atoms with E-state index < -0.39 is 10.0 Å². The van der Waals surface area contributed by atoms with Crippen molar-refractivity contribution < 1.29 is 13.2 Å². The molecule has 0 radical (unpaired) electrons. The number of thioether (sulfide) groups is 1. The van der Waals surface area contributed by atoms with Gasteiger partial charge in [-0.05, 0) is 55.7 Å². The lowest BCUT2D eigenvalue weighted by Gasteiger charge is -2.16. The van der Waals surface area contributed by atoms with E-state index in [4.69, 9.17) is 4.74 Å². The summed E-state index contributed by atoms with van der Waals surface area (Å²) < 4.78 is 35.6. The molecule has 1 N–H and O–H groups in total. The van der Waals surface area contributed by atoms with Crippen molar-refractivity contribution in [3.8, 4) is 5.75 Å². The number of rotatable bonds is 7. The predicted octanol–water partition coefficient (Wildman–Crippen LogP) is 4.37. The van der Waals surface area contributed by atoms with Gasteiger partial charge >= 0.3 is 0 Å². The number of methoxy groups -OCH3 is 1. The molecule has 3 aromatic rings. The molecule has 0 unspecified atom stereocenters. The van der Waals surface area contributed by atoms with E-state index in [1.165, 1.54) is 6.20 Å². The molecule has 1 heterocycles. The van der Waals surface area contributed by atoms with Crippen molar-refractivity contribution in [1.29, 1.82) is 0 Å². The minimum absolute atomic E-state index is 0.275. The van der Waals surface area contributed by atoms with Crippen molar-refractivity contribution in [3.63, 3.8) is 0 Å². The van der Waals surface area contributed by atoms with E-state index in [0.29, 0.717) is 28.4 Å². The quantitative estimate of drug-likeness (QED) is 0.578. The molecule has 0 bridgehead atoms. The van der Waals surface area contributed by atoms with Gasteiger partial charge in [-0.2, -0.15) is 5.10 Å². The Morgan fingerprint density at radius 3 is 2.54 bits per heavy atom. The fourth-order valence-electron chi connectivity index (χ4n) is 3.00. The Labute approximate surface area is 170 Å². The Hall–Kier alpha value is -2.45.